The van der Waals surface area contributed by atoms with Crippen LogP contribution in [0.25, 0.3) is 5.82 Å². The summed E-state index contributed by atoms with van der Waals surface area (Å²) in [7, 11) is 0. The van der Waals surface area contributed by atoms with Crippen LogP contribution in [-0.4, -0.2) is 36.8 Å². The van der Waals surface area contributed by atoms with Crippen LogP contribution in [-0.2, 0) is 4.79 Å². The number of aliphatic carboxylic acids is 1. The molecule has 0 saturated carbocycles. The average Bonchev–Trinajstić information content (AvgIpc) is 2.81. The number of hydrogen-bond acceptors (Lipinski definition) is 5. The number of hydrogen-bond donors (Lipinski definition) is 1. The largest absolute Gasteiger partial charge is 0.481 e. The number of aromatic nitrogens is 4. The molecule has 0 saturated heterocycles. The predicted octanol–water partition coefficient (Wildman–Crippen LogP) is 2.62. The third-order valence-electron chi connectivity index (χ3n) is 2.47. The highest BCUT2D eigenvalue weighted by Crippen LogP contribution is 2.25. The standard InChI is InChI=1S/C12H13ClN4O2S/c1-7(2)8-5-11(20-6-12(18)19)17(16-8)10-4-3-9(13)14-15-10/h3-5,7H,6H2,1-2H3,(H,18,19). The zero-order valence-corrected chi connectivity index (χ0v) is 12.5. The molecule has 2 aromatic rings. The van der Waals surface area contributed by atoms with E-state index in [-0.39, 0.29) is 11.7 Å². The van der Waals surface area contributed by atoms with Gasteiger partial charge in [0, 0.05) is 0 Å². The van der Waals surface area contributed by atoms with Gasteiger partial charge in [-0.1, -0.05) is 37.2 Å². The van der Waals surface area contributed by atoms with Crippen LogP contribution in [0.15, 0.2) is 23.2 Å². The molecule has 2 rings (SSSR count). The fourth-order valence-corrected chi connectivity index (χ4v) is 2.32. The number of halogens is 1. The number of carboxylic acids is 1. The minimum absolute atomic E-state index is 0.0375. The van der Waals surface area contributed by atoms with Gasteiger partial charge < -0.3 is 5.11 Å². The summed E-state index contributed by atoms with van der Waals surface area (Å²) in [4.78, 5) is 10.7. The molecule has 0 aromatic carbocycles. The van der Waals surface area contributed by atoms with Gasteiger partial charge in [0.05, 0.1) is 11.4 Å². The number of carboxylic acid groups (broad SMARTS) is 1. The summed E-state index contributed by atoms with van der Waals surface area (Å²) in [6.45, 7) is 4.04. The van der Waals surface area contributed by atoms with E-state index in [1.54, 1.807) is 16.8 Å². The Labute approximate surface area is 125 Å². The van der Waals surface area contributed by atoms with Gasteiger partial charge in [0.1, 0.15) is 5.03 Å². The molecule has 0 radical (unpaired) electrons. The lowest BCUT2D eigenvalue weighted by atomic mass is 10.1. The summed E-state index contributed by atoms with van der Waals surface area (Å²) in [5.74, 6) is -0.171. The zero-order chi connectivity index (χ0) is 14.7. The highest BCUT2D eigenvalue weighted by atomic mass is 35.5. The molecule has 8 heteroatoms. The van der Waals surface area contributed by atoms with Crippen molar-refractivity contribution < 1.29 is 9.90 Å². The first-order valence-corrected chi connectivity index (χ1v) is 7.28. The van der Waals surface area contributed by atoms with Gasteiger partial charge in [-0.05, 0) is 24.1 Å². The second-order valence-electron chi connectivity index (χ2n) is 4.37. The van der Waals surface area contributed by atoms with Gasteiger partial charge in [0.15, 0.2) is 11.0 Å². The van der Waals surface area contributed by atoms with Crippen molar-refractivity contribution in [1.82, 2.24) is 20.0 Å². The molecule has 2 heterocycles. The van der Waals surface area contributed by atoms with Crippen LogP contribution in [0.4, 0.5) is 0 Å². The van der Waals surface area contributed by atoms with Crippen molar-refractivity contribution in [3.63, 3.8) is 0 Å². The second-order valence-corrected chi connectivity index (χ2v) is 5.75. The molecule has 0 bridgehead atoms. The van der Waals surface area contributed by atoms with Crippen molar-refractivity contribution in [2.24, 2.45) is 0 Å². The van der Waals surface area contributed by atoms with E-state index in [1.165, 1.54) is 11.8 Å². The van der Waals surface area contributed by atoms with Crippen molar-refractivity contribution in [3.8, 4) is 5.82 Å². The summed E-state index contributed by atoms with van der Waals surface area (Å²) >= 11 is 6.90. The van der Waals surface area contributed by atoms with E-state index in [9.17, 15) is 4.79 Å². The summed E-state index contributed by atoms with van der Waals surface area (Å²) < 4.78 is 1.59. The van der Waals surface area contributed by atoms with E-state index in [0.717, 1.165) is 5.69 Å². The lowest BCUT2D eigenvalue weighted by Crippen LogP contribution is -2.05. The molecular formula is C12H13ClN4O2S. The van der Waals surface area contributed by atoms with E-state index < -0.39 is 5.97 Å². The van der Waals surface area contributed by atoms with Gasteiger partial charge in [0.2, 0.25) is 0 Å². The molecule has 0 amide bonds. The molecular weight excluding hydrogens is 300 g/mol. The molecule has 0 aliphatic carbocycles. The molecule has 20 heavy (non-hydrogen) atoms. The van der Waals surface area contributed by atoms with Crippen LogP contribution in [0.1, 0.15) is 25.5 Å². The van der Waals surface area contributed by atoms with Crippen LogP contribution < -0.4 is 0 Å². The monoisotopic (exact) mass is 312 g/mol. The molecule has 6 nitrogen and oxygen atoms in total. The van der Waals surface area contributed by atoms with E-state index >= 15 is 0 Å². The quantitative estimate of drug-likeness (QED) is 0.855. The Kier molecular flexibility index (Phi) is 4.61. The highest BCUT2D eigenvalue weighted by Gasteiger charge is 2.14. The Balaban J connectivity index is 2.38. The summed E-state index contributed by atoms with van der Waals surface area (Å²) in [6.07, 6.45) is 0. The van der Waals surface area contributed by atoms with Gasteiger partial charge in [-0.15, -0.1) is 10.2 Å². The molecule has 2 aromatic heterocycles. The lowest BCUT2D eigenvalue weighted by molar-refractivity contribution is -0.133. The third-order valence-corrected chi connectivity index (χ3v) is 3.64. The number of rotatable bonds is 5. The molecule has 0 aliphatic rings. The molecule has 1 N–H and O–H groups in total. The number of nitrogens with zero attached hydrogens (tertiary/aromatic N) is 4. The van der Waals surface area contributed by atoms with Crippen molar-refractivity contribution in [2.75, 3.05) is 5.75 Å². The smallest absolute Gasteiger partial charge is 0.313 e. The van der Waals surface area contributed by atoms with Crippen molar-refractivity contribution in [1.29, 1.82) is 0 Å². The Hall–Kier alpha value is -1.60. The Bertz CT molecular complexity index is 612. The molecule has 0 spiro atoms. The maximum Gasteiger partial charge on any atom is 0.313 e. The fourth-order valence-electron chi connectivity index (χ4n) is 1.49. The van der Waals surface area contributed by atoms with Gasteiger partial charge >= 0.3 is 5.97 Å². The van der Waals surface area contributed by atoms with Gasteiger partial charge in [-0.2, -0.15) is 5.10 Å². The summed E-state index contributed by atoms with van der Waals surface area (Å²) in [5, 5.41) is 22.0. The van der Waals surface area contributed by atoms with Crippen LogP contribution in [0.2, 0.25) is 5.15 Å². The van der Waals surface area contributed by atoms with Gasteiger partial charge in [-0.3, -0.25) is 4.79 Å². The molecule has 106 valence electrons. The fraction of sp³-hybridized carbons (Fsp3) is 0.333. The second kappa shape index (κ2) is 6.23. The van der Waals surface area contributed by atoms with Gasteiger partial charge in [-0.25, -0.2) is 4.68 Å². The maximum atomic E-state index is 10.7. The first-order valence-electron chi connectivity index (χ1n) is 5.91. The van der Waals surface area contributed by atoms with E-state index in [2.05, 4.69) is 15.3 Å². The van der Waals surface area contributed by atoms with Crippen LogP contribution in [0.5, 0.6) is 0 Å². The maximum absolute atomic E-state index is 10.7. The molecule has 0 aliphatic heterocycles. The predicted molar refractivity (Wildman–Crippen MR) is 76.6 cm³/mol. The average molecular weight is 313 g/mol. The van der Waals surface area contributed by atoms with Crippen molar-refractivity contribution in [2.45, 2.75) is 24.8 Å². The summed E-state index contributed by atoms with van der Waals surface area (Å²) in [6, 6.07) is 5.18. The highest BCUT2D eigenvalue weighted by molar-refractivity contribution is 7.99. The number of carbonyl (C=O) groups is 1. The molecule has 0 unspecified atom stereocenters. The lowest BCUT2D eigenvalue weighted by Gasteiger charge is -2.04. The number of thioether (sulfide) groups is 1. The first-order chi connectivity index (χ1) is 9.47. The topological polar surface area (TPSA) is 80.9 Å². The normalized spacial score (nSPS) is 11.0. The first kappa shape index (κ1) is 14.8. The van der Waals surface area contributed by atoms with Crippen molar-refractivity contribution in [3.05, 3.63) is 29.0 Å². The van der Waals surface area contributed by atoms with Crippen LogP contribution in [0.3, 0.4) is 0 Å². The Morgan fingerprint density at radius 3 is 2.75 bits per heavy atom. The van der Waals surface area contributed by atoms with Gasteiger partial charge in [0.25, 0.3) is 0 Å². The van der Waals surface area contributed by atoms with Crippen molar-refractivity contribution >= 4 is 29.3 Å². The third kappa shape index (κ3) is 3.49. The Morgan fingerprint density at radius 2 is 2.20 bits per heavy atom. The summed E-state index contributed by atoms with van der Waals surface area (Å²) in [5.41, 5.74) is 0.870. The van der Waals surface area contributed by atoms with Crippen LogP contribution >= 0.6 is 23.4 Å². The minimum Gasteiger partial charge on any atom is -0.481 e. The SMILES string of the molecule is CC(C)c1cc(SCC(=O)O)n(-c2ccc(Cl)nn2)n1. The van der Waals surface area contributed by atoms with Crippen LogP contribution in [0, 0.1) is 0 Å². The molecule has 0 fully saturated rings. The van der Waals surface area contributed by atoms with E-state index in [4.69, 9.17) is 16.7 Å². The minimum atomic E-state index is -0.879. The molecule has 0 atom stereocenters. The van der Waals surface area contributed by atoms with E-state index in [0.29, 0.717) is 16.0 Å². The Morgan fingerprint density at radius 1 is 1.45 bits per heavy atom. The zero-order valence-electron chi connectivity index (χ0n) is 10.9. The van der Waals surface area contributed by atoms with E-state index in [1.807, 2.05) is 19.9 Å².